The number of hydrogen-bond donors (Lipinski definition) is 0. The van der Waals surface area contributed by atoms with Crippen molar-refractivity contribution in [2.75, 3.05) is 24.5 Å². The summed E-state index contributed by atoms with van der Waals surface area (Å²) < 4.78 is 5.58. The average Bonchev–Trinajstić information content (AvgIpc) is 3.47. The molecule has 0 unspecified atom stereocenters. The number of amides is 2. The van der Waals surface area contributed by atoms with Crippen LogP contribution in [-0.4, -0.2) is 46.5 Å². The quantitative estimate of drug-likeness (QED) is 0.605. The molecule has 33 heavy (non-hydrogen) atoms. The van der Waals surface area contributed by atoms with Gasteiger partial charge in [-0.15, -0.1) is 0 Å². The van der Waals surface area contributed by atoms with Crippen molar-refractivity contribution >= 4 is 17.5 Å². The lowest BCUT2D eigenvalue weighted by Crippen LogP contribution is -2.42. The fraction of sp³-hybridized carbons (Fsp3) is 0.385. The van der Waals surface area contributed by atoms with E-state index in [2.05, 4.69) is 10.1 Å². The molecule has 1 atom stereocenters. The summed E-state index contributed by atoms with van der Waals surface area (Å²) in [5.41, 5.74) is 4.09. The molecule has 2 fully saturated rings. The van der Waals surface area contributed by atoms with Crippen molar-refractivity contribution in [3.8, 4) is 11.4 Å². The normalized spacial score (nSPS) is 19.3. The van der Waals surface area contributed by atoms with Gasteiger partial charge in [0.2, 0.25) is 23.5 Å². The molecular weight excluding hydrogens is 416 g/mol. The molecule has 0 saturated carbocycles. The maximum atomic E-state index is 13.1. The Morgan fingerprint density at radius 1 is 1.03 bits per heavy atom. The third-order valence-electron chi connectivity index (χ3n) is 6.80. The lowest BCUT2D eigenvalue weighted by molar-refractivity contribution is -0.136. The number of carbonyl (C=O) groups excluding carboxylic acids is 2. The lowest BCUT2D eigenvalue weighted by Gasteiger charge is -2.32. The third kappa shape index (κ3) is 4.27. The second-order valence-corrected chi connectivity index (χ2v) is 9.11. The Balaban J connectivity index is 1.19. The number of carbonyl (C=O) groups is 2. The van der Waals surface area contributed by atoms with Gasteiger partial charge in [0, 0.05) is 43.2 Å². The largest absolute Gasteiger partial charge is 0.342 e. The predicted octanol–water partition coefficient (Wildman–Crippen LogP) is 4.11. The van der Waals surface area contributed by atoms with Crippen molar-refractivity contribution in [2.24, 2.45) is 5.92 Å². The van der Waals surface area contributed by atoms with Crippen LogP contribution in [0.3, 0.4) is 0 Å². The predicted molar refractivity (Wildman–Crippen MR) is 125 cm³/mol. The van der Waals surface area contributed by atoms with Crippen LogP contribution in [0.15, 0.2) is 53.1 Å². The van der Waals surface area contributed by atoms with E-state index in [0.717, 1.165) is 35.2 Å². The molecule has 0 spiro atoms. The summed E-state index contributed by atoms with van der Waals surface area (Å²) in [5, 5.41) is 4.18. The van der Waals surface area contributed by atoms with Crippen LogP contribution in [0.25, 0.3) is 11.4 Å². The van der Waals surface area contributed by atoms with Crippen LogP contribution in [0, 0.1) is 19.8 Å². The first-order chi connectivity index (χ1) is 16.0. The highest BCUT2D eigenvalue weighted by atomic mass is 16.5. The molecule has 3 aromatic rings. The molecule has 0 bridgehead atoms. The molecule has 1 aromatic heterocycles. The standard InChI is InChI=1S/C26H28N4O3/c1-17-7-9-21(10-8-17)30-16-20(15-23(30)31)26(32)29-13-11-19(12-14-29)25-27-24(28-33-25)22-6-4-3-5-18(22)2/h3-10,19-20H,11-16H2,1-2H3/t20-/m0/s1. The Labute approximate surface area is 193 Å². The van der Waals surface area contributed by atoms with Crippen LogP contribution < -0.4 is 4.90 Å². The van der Waals surface area contributed by atoms with Crippen molar-refractivity contribution in [1.82, 2.24) is 15.0 Å². The Bertz CT molecular complexity index is 1160. The molecule has 3 heterocycles. The SMILES string of the molecule is Cc1ccc(N2C[C@@H](C(=O)N3CCC(c4nc(-c5ccccc5C)no4)CC3)CC2=O)cc1. The molecule has 2 amide bonds. The molecule has 5 rings (SSSR count). The minimum absolute atomic E-state index is 0.0154. The number of benzene rings is 2. The van der Waals surface area contributed by atoms with Gasteiger partial charge in [-0.05, 0) is 44.4 Å². The second kappa shape index (κ2) is 8.81. The van der Waals surface area contributed by atoms with E-state index in [9.17, 15) is 9.59 Å². The molecule has 0 N–H and O–H groups in total. The van der Waals surface area contributed by atoms with E-state index < -0.39 is 0 Å². The van der Waals surface area contributed by atoms with Crippen LogP contribution in [-0.2, 0) is 9.59 Å². The van der Waals surface area contributed by atoms with Gasteiger partial charge in [-0.2, -0.15) is 4.98 Å². The smallest absolute Gasteiger partial charge is 0.230 e. The summed E-state index contributed by atoms with van der Waals surface area (Å²) >= 11 is 0. The van der Waals surface area contributed by atoms with E-state index in [1.54, 1.807) is 4.90 Å². The topological polar surface area (TPSA) is 79.5 Å². The average molecular weight is 445 g/mol. The zero-order chi connectivity index (χ0) is 22.9. The van der Waals surface area contributed by atoms with Gasteiger partial charge in [0.05, 0.1) is 5.92 Å². The maximum absolute atomic E-state index is 13.1. The van der Waals surface area contributed by atoms with Gasteiger partial charge >= 0.3 is 0 Å². The van der Waals surface area contributed by atoms with Crippen LogP contribution >= 0.6 is 0 Å². The molecule has 2 aliphatic rings. The minimum Gasteiger partial charge on any atom is -0.342 e. The second-order valence-electron chi connectivity index (χ2n) is 9.11. The molecule has 0 aliphatic carbocycles. The highest BCUT2D eigenvalue weighted by Crippen LogP contribution is 2.32. The summed E-state index contributed by atoms with van der Waals surface area (Å²) in [6.07, 6.45) is 1.84. The Morgan fingerprint density at radius 2 is 1.76 bits per heavy atom. The van der Waals surface area contributed by atoms with Crippen LogP contribution in [0.5, 0.6) is 0 Å². The van der Waals surface area contributed by atoms with Gasteiger partial charge in [0.15, 0.2) is 0 Å². The molecule has 2 aromatic carbocycles. The molecule has 170 valence electrons. The van der Waals surface area contributed by atoms with Crippen molar-refractivity contribution < 1.29 is 14.1 Å². The van der Waals surface area contributed by atoms with Gasteiger partial charge in [0.25, 0.3) is 0 Å². The highest BCUT2D eigenvalue weighted by Gasteiger charge is 2.38. The first kappa shape index (κ1) is 21.4. The number of aromatic nitrogens is 2. The minimum atomic E-state index is -0.286. The number of nitrogens with zero attached hydrogens (tertiary/aromatic N) is 4. The highest BCUT2D eigenvalue weighted by molar-refractivity contribution is 6.00. The summed E-state index contributed by atoms with van der Waals surface area (Å²) in [6.45, 7) is 5.78. The molecular formula is C26H28N4O3. The van der Waals surface area contributed by atoms with E-state index >= 15 is 0 Å². The number of anilines is 1. The lowest BCUT2D eigenvalue weighted by atomic mass is 9.95. The fourth-order valence-electron chi connectivity index (χ4n) is 4.79. The van der Waals surface area contributed by atoms with Crippen molar-refractivity contribution in [3.63, 3.8) is 0 Å². The van der Waals surface area contributed by atoms with Gasteiger partial charge in [-0.25, -0.2) is 0 Å². The van der Waals surface area contributed by atoms with Crippen LogP contribution in [0.2, 0.25) is 0 Å². The van der Waals surface area contributed by atoms with E-state index in [0.29, 0.717) is 31.3 Å². The molecule has 0 radical (unpaired) electrons. The zero-order valence-electron chi connectivity index (χ0n) is 19.0. The molecule has 2 saturated heterocycles. The fourth-order valence-corrected chi connectivity index (χ4v) is 4.79. The van der Waals surface area contributed by atoms with Gasteiger partial charge in [0.1, 0.15) is 0 Å². The molecule has 7 nitrogen and oxygen atoms in total. The van der Waals surface area contributed by atoms with Crippen LogP contribution in [0.4, 0.5) is 5.69 Å². The van der Waals surface area contributed by atoms with E-state index in [-0.39, 0.29) is 30.1 Å². The summed E-state index contributed by atoms with van der Waals surface area (Å²) in [7, 11) is 0. The van der Waals surface area contributed by atoms with Crippen LogP contribution in [0.1, 0.15) is 42.2 Å². The number of hydrogen-bond acceptors (Lipinski definition) is 5. The molecule has 7 heteroatoms. The number of likely N-dealkylation sites (tertiary alicyclic amines) is 1. The number of rotatable bonds is 4. The first-order valence-corrected chi connectivity index (χ1v) is 11.5. The van der Waals surface area contributed by atoms with Gasteiger partial charge in [-0.1, -0.05) is 47.1 Å². The number of aryl methyl sites for hydroxylation is 2. The van der Waals surface area contributed by atoms with E-state index in [1.165, 1.54) is 0 Å². The Hall–Kier alpha value is -3.48. The third-order valence-corrected chi connectivity index (χ3v) is 6.80. The Kier molecular flexibility index (Phi) is 5.70. The summed E-state index contributed by atoms with van der Waals surface area (Å²) in [6, 6.07) is 15.9. The van der Waals surface area contributed by atoms with Crippen molar-refractivity contribution in [2.45, 2.75) is 39.0 Å². The number of piperidine rings is 1. The van der Waals surface area contributed by atoms with Crippen molar-refractivity contribution in [3.05, 3.63) is 65.5 Å². The molecule has 2 aliphatic heterocycles. The maximum Gasteiger partial charge on any atom is 0.230 e. The van der Waals surface area contributed by atoms with Gasteiger partial charge in [-0.3, -0.25) is 9.59 Å². The van der Waals surface area contributed by atoms with E-state index in [4.69, 9.17) is 4.52 Å². The van der Waals surface area contributed by atoms with E-state index in [1.807, 2.05) is 67.3 Å². The Morgan fingerprint density at radius 3 is 2.48 bits per heavy atom. The summed E-state index contributed by atoms with van der Waals surface area (Å²) in [5.74, 6) is 1.20. The van der Waals surface area contributed by atoms with Gasteiger partial charge < -0.3 is 14.3 Å². The van der Waals surface area contributed by atoms with Crippen molar-refractivity contribution in [1.29, 1.82) is 0 Å². The monoisotopic (exact) mass is 444 g/mol. The first-order valence-electron chi connectivity index (χ1n) is 11.5. The summed E-state index contributed by atoms with van der Waals surface area (Å²) in [4.78, 5) is 34.0. The zero-order valence-corrected chi connectivity index (χ0v) is 19.0.